The largest absolute Gasteiger partial charge is 1.00 e. The summed E-state index contributed by atoms with van der Waals surface area (Å²) >= 11 is 0. The first kappa shape index (κ1) is 24.9. The van der Waals surface area contributed by atoms with Crippen LogP contribution in [-0.2, 0) is 23.0 Å². The molecule has 138 valence electrons. The zero-order valence-corrected chi connectivity index (χ0v) is 19.0. The minimum Gasteiger partial charge on any atom is -0.745 e. The van der Waals surface area contributed by atoms with Crippen LogP contribution in [0.2, 0.25) is 0 Å². The normalized spacial score (nSPS) is 12.5. The Labute approximate surface area is 175 Å². The molecule has 0 saturated carbocycles. The van der Waals surface area contributed by atoms with Crippen LogP contribution in [0.15, 0.2) is 18.2 Å². The summed E-state index contributed by atoms with van der Waals surface area (Å²) in [5.74, 6) is 0.561. The fourth-order valence-corrected chi connectivity index (χ4v) is 3.33. The summed E-state index contributed by atoms with van der Waals surface area (Å²) in [6.07, 6.45) is 8.64. The Morgan fingerprint density at radius 3 is 2.12 bits per heavy atom. The average molecular weight is 379 g/mol. The smallest absolute Gasteiger partial charge is 0.745 e. The summed E-state index contributed by atoms with van der Waals surface area (Å²) in [5.41, 5.74) is 0.814. The van der Waals surface area contributed by atoms with Gasteiger partial charge >= 0.3 is 29.6 Å². The number of aryl methyl sites for hydroxylation is 2. The Bertz CT molecular complexity index is 587. The number of benzene rings is 1. The van der Waals surface area contributed by atoms with Crippen LogP contribution < -0.4 is 34.3 Å². The minimum atomic E-state index is -4.46. The molecule has 0 N–H and O–H groups in total. The second kappa shape index (κ2) is 13.2. The molecule has 0 fully saturated rings. The van der Waals surface area contributed by atoms with Crippen molar-refractivity contribution in [2.24, 2.45) is 0 Å². The first-order chi connectivity index (χ1) is 11.4. The first-order valence-electron chi connectivity index (χ1n) is 9.15. The molecule has 0 aliphatic carbocycles. The van der Waals surface area contributed by atoms with Crippen molar-refractivity contribution >= 4 is 10.1 Å². The molecular weight excluding hydrogens is 347 g/mol. The van der Waals surface area contributed by atoms with Gasteiger partial charge in [-0.2, -0.15) is 0 Å². The van der Waals surface area contributed by atoms with Gasteiger partial charge in [0.15, 0.2) is 5.44 Å². The molecule has 25 heavy (non-hydrogen) atoms. The van der Waals surface area contributed by atoms with Crippen molar-refractivity contribution in [2.75, 3.05) is 0 Å². The summed E-state index contributed by atoms with van der Waals surface area (Å²) in [4.78, 5) is 0. The van der Waals surface area contributed by atoms with Crippen LogP contribution >= 0.6 is 0 Å². The second-order valence-electron chi connectivity index (χ2n) is 6.30. The van der Waals surface area contributed by atoms with E-state index in [2.05, 4.69) is 19.9 Å². The maximum absolute atomic E-state index is 11.4. The van der Waals surface area contributed by atoms with Gasteiger partial charge in [0.1, 0.15) is 15.9 Å². The summed E-state index contributed by atoms with van der Waals surface area (Å²) in [5, 5.41) is 0. The molecule has 1 atom stereocenters. The summed E-state index contributed by atoms with van der Waals surface area (Å²) in [6.45, 7) is 5.96. The predicted molar refractivity (Wildman–Crippen MR) is 97.3 cm³/mol. The van der Waals surface area contributed by atoms with E-state index in [0.29, 0.717) is 5.75 Å². The molecule has 0 aliphatic rings. The molecule has 4 nitrogen and oxygen atoms in total. The fourth-order valence-electron chi connectivity index (χ4n) is 2.70. The van der Waals surface area contributed by atoms with Crippen LogP contribution in [0.5, 0.6) is 5.75 Å². The fraction of sp³-hybridized carbons (Fsp3) is 0.684. The number of rotatable bonds is 12. The van der Waals surface area contributed by atoms with Crippen LogP contribution in [0.1, 0.15) is 76.8 Å². The Balaban J connectivity index is 0.00000576. The van der Waals surface area contributed by atoms with Gasteiger partial charge in [-0.1, -0.05) is 58.6 Å². The number of hydrogen-bond acceptors (Lipinski definition) is 4. The van der Waals surface area contributed by atoms with E-state index in [1.54, 1.807) is 6.92 Å². The van der Waals surface area contributed by atoms with Crippen molar-refractivity contribution < 1.29 is 47.3 Å². The third kappa shape index (κ3) is 9.43. The van der Waals surface area contributed by atoms with Gasteiger partial charge in [-0.3, -0.25) is 0 Å². The molecule has 0 radical (unpaired) electrons. The van der Waals surface area contributed by atoms with Crippen LogP contribution in [0.4, 0.5) is 0 Å². The summed E-state index contributed by atoms with van der Waals surface area (Å²) in [6, 6.07) is 6.04. The van der Waals surface area contributed by atoms with Gasteiger partial charge in [0.25, 0.3) is 0 Å². The minimum absolute atomic E-state index is 0. The Hall–Kier alpha value is -0.0700. The molecule has 1 aromatic rings. The zero-order valence-electron chi connectivity index (χ0n) is 16.2. The van der Waals surface area contributed by atoms with E-state index in [0.717, 1.165) is 56.1 Å². The number of unbranched alkanes of at least 4 members (excludes halogenated alkanes) is 4. The first-order valence-corrected chi connectivity index (χ1v) is 10.6. The van der Waals surface area contributed by atoms with Crippen molar-refractivity contribution in [3.05, 3.63) is 29.3 Å². The third-order valence-corrected chi connectivity index (χ3v) is 5.24. The molecule has 1 aromatic carbocycles. The maximum Gasteiger partial charge on any atom is 1.00 e. The molecular formula is C19H31NaO4S. The zero-order chi connectivity index (χ0) is 18.0. The Morgan fingerprint density at radius 2 is 1.60 bits per heavy atom. The van der Waals surface area contributed by atoms with Gasteiger partial charge in [-0.15, -0.1) is 0 Å². The standard InChI is InChI=1S/C19H32O4S.Na/c1-4-7-9-11-16-13-14-17(12-10-8-5-2)18(15-16)23-19(6-3)24(20,21)22;/h13-15,19H,4-12H2,1-3H3,(H,20,21,22);/q;+1/p-1. The molecule has 0 aromatic heterocycles. The van der Waals surface area contributed by atoms with Gasteiger partial charge in [0.2, 0.25) is 0 Å². The van der Waals surface area contributed by atoms with E-state index in [1.165, 1.54) is 6.42 Å². The van der Waals surface area contributed by atoms with Crippen LogP contribution in [0.3, 0.4) is 0 Å². The van der Waals surface area contributed by atoms with Gasteiger partial charge in [0.05, 0.1) is 0 Å². The molecule has 1 unspecified atom stereocenters. The Morgan fingerprint density at radius 1 is 1.00 bits per heavy atom. The van der Waals surface area contributed by atoms with Crippen LogP contribution in [0.25, 0.3) is 0 Å². The van der Waals surface area contributed by atoms with E-state index in [1.807, 2.05) is 12.1 Å². The maximum atomic E-state index is 11.4. The van der Waals surface area contributed by atoms with Crippen molar-refractivity contribution in [1.29, 1.82) is 0 Å². The number of ether oxygens (including phenoxy) is 1. The summed E-state index contributed by atoms with van der Waals surface area (Å²) < 4.78 is 39.7. The van der Waals surface area contributed by atoms with E-state index in [9.17, 15) is 13.0 Å². The average Bonchev–Trinajstić information content (AvgIpc) is 2.53. The third-order valence-electron chi connectivity index (χ3n) is 4.16. The summed E-state index contributed by atoms with van der Waals surface area (Å²) in [7, 11) is -4.46. The molecule has 6 heteroatoms. The monoisotopic (exact) mass is 378 g/mol. The molecule has 0 saturated heterocycles. The molecule has 0 bridgehead atoms. The number of hydrogen-bond donors (Lipinski definition) is 0. The predicted octanol–water partition coefficient (Wildman–Crippen LogP) is 1.82. The van der Waals surface area contributed by atoms with E-state index in [-0.39, 0.29) is 36.0 Å². The Kier molecular flexibility index (Phi) is 13.1. The molecule has 0 aliphatic heterocycles. The molecule has 0 spiro atoms. The van der Waals surface area contributed by atoms with Crippen molar-refractivity contribution in [1.82, 2.24) is 0 Å². The molecule has 0 heterocycles. The van der Waals surface area contributed by atoms with Gasteiger partial charge < -0.3 is 9.29 Å². The van der Waals surface area contributed by atoms with E-state index in [4.69, 9.17) is 4.74 Å². The van der Waals surface area contributed by atoms with Crippen LogP contribution in [-0.4, -0.2) is 18.4 Å². The second-order valence-corrected chi connectivity index (χ2v) is 7.82. The van der Waals surface area contributed by atoms with Gasteiger partial charge in [-0.25, -0.2) is 8.42 Å². The molecule has 1 rings (SSSR count). The van der Waals surface area contributed by atoms with Crippen LogP contribution in [0, 0.1) is 0 Å². The van der Waals surface area contributed by atoms with Crippen molar-refractivity contribution in [3.63, 3.8) is 0 Å². The van der Waals surface area contributed by atoms with Gasteiger partial charge in [-0.05, 0) is 49.3 Å². The van der Waals surface area contributed by atoms with E-state index < -0.39 is 15.6 Å². The topological polar surface area (TPSA) is 66.4 Å². The van der Waals surface area contributed by atoms with Gasteiger partial charge in [0, 0.05) is 0 Å². The van der Waals surface area contributed by atoms with Crippen molar-refractivity contribution in [2.45, 2.75) is 84.0 Å². The quantitative estimate of drug-likeness (QED) is 0.316. The molecule has 0 amide bonds. The SMILES string of the molecule is CCCCCc1ccc(CCCCC)c(OC(CC)S(=O)(=O)[O-])c1.[Na+]. The van der Waals surface area contributed by atoms with E-state index >= 15 is 0 Å². The van der Waals surface area contributed by atoms with Crippen molar-refractivity contribution in [3.8, 4) is 5.75 Å².